The zero-order chi connectivity index (χ0) is 17.9. The highest BCUT2D eigenvalue weighted by molar-refractivity contribution is 5.70. The number of allylic oxidation sites excluding steroid dienone is 1. The van der Waals surface area contributed by atoms with Gasteiger partial charge in [-0.2, -0.15) is 0 Å². The molecule has 0 amide bonds. The molecule has 0 saturated carbocycles. The zero-order valence-corrected chi connectivity index (χ0v) is 16.1. The lowest BCUT2D eigenvalue weighted by Crippen LogP contribution is -2.04. The van der Waals surface area contributed by atoms with Crippen LogP contribution in [0.25, 0.3) is 0 Å². The summed E-state index contributed by atoms with van der Waals surface area (Å²) in [5.74, 6) is 0.277. The maximum atomic E-state index is 10.7. The fourth-order valence-electron chi connectivity index (χ4n) is 2.93. The minimum Gasteiger partial charge on any atom is -0.433 e. The molecule has 0 spiro atoms. The molecular weight excluding hydrogens is 300 g/mol. The maximum absolute atomic E-state index is 10.7. The van der Waals surface area contributed by atoms with E-state index in [-0.39, 0.29) is 0 Å². The van der Waals surface area contributed by atoms with Crippen LogP contribution in [-0.2, 0) is 9.53 Å². The van der Waals surface area contributed by atoms with Crippen molar-refractivity contribution in [2.24, 2.45) is 5.92 Å². The molecule has 0 heterocycles. The van der Waals surface area contributed by atoms with Crippen LogP contribution in [0.2, 0.25) is 0 Å². The van der Waals surface area contributed by atoms with Gasteiger partial charge in [-0.15, -0.1) is 0 Å². The highest BCUT2D eigenvalue weighted by atomic mass is 16.5. The number of rotatable bonds is 17. The second-order valence-corrected chi connectivity index (χ2v) is 7.03. The number of hydrogen-bond donors (Lipinski definition) is 1. The molecule has 0 aliphatic heterocycles. The van der Waals surface area contributed by atoms with Gasteiger partial charge in [-0.05, 0) is 24.8 Å². The lowest BCUT2D eigenvalue weighted by molar-refractivity contribution is -0.141. The highest BCUT2D eigenvalue weighted by Crippen LogP contribution is 2.18. The van der Waals surface area contributed by atoms with Gasteiger partial charge < -0.3 is 9.84 Å². The Morgan fingerprint density at radius 2 is 1.46 bits per heavy atom. The van der Waals surface area contributed by atoms with E-state index in [1.54, 1.807) is 0 Å². The van der Waals surface area contributed by atoms with Gasteiger partial charge in [-0.3, -0.25) is 0 Å². The second kappa shape index (κ2) is 18.5. The predicted octanol–water partition coefficient (Wildman–Crippen LogP) is 6.15. The van der Waals surface area contributed by atoms with E-state index in [0.717, 1.165) is 18.8 Å². The molecule has 0 aromatic carbocycles. The van der Waals surface area contributed by atoms with E-state index in [0.29, 0.717) is 0 Å². The zero-order valence-electron chi connectivity index (χ0n) is 16.1. The van der Waals surface area contributed by atoms with Crippen LogP contribution in [-0.4, -0.2) is 17.7 Å². The van der Waals surface area contributed by atoms with Crippen molar-refractivity contribution < 1.29 is 14.6 Å². The molecule has 3 heteroatoms. The number of ether oxygens (including phenoxy) is 1. The summed E-state index contributed by atoms with van der Waals surface area (Å²) in [5, 5.41) is 8.48. The van der Waals surface area contributed by atoms with Crippen molar-refractivity contribution >= 4 is 5.97 Å². The molecule has 0 rings (SSSR count). The second-order valence-electron chi connectivity index (χ2n) is 7.03. The van der Waals surface area contributed by atoms with Crippen LogP contribution in [0.15, 0.2) is 12.3 Å². The van der Waals surface area contributed by atoms with E-state index in [1.165, 1.54) is 83.3 Å². The van der Waals surface area contributed by atoms with E-state index in [2.05, 4.69) is 18.6 Å². The first-order valence-electron chi connectivity index (χ1n) is 10.2. The van der Waals surface area contributed by atoms with E-state index >= 15 is 0 Å². The number of carbonyl (C=O) groups is 1. The Kier molecular flexibility index (Phi) is 17.9. The quantitative estimate of drug-likeness (QED) is 0.196. The maximum Gasteiger partial charge on any atom is 0.336 e. The van der Waals surface area contributed by atoms with Gasteiger partial charge in [-0.25, -0.2) is 4.79 Å². The van der Waals surface area contributed by atoms with Crippen molar-refractivity contribution in [1.82, 2.24) is 0 Å². The first-order chi connectivity index (χ1) is 11.7. The molecule has 0 radical (unpaired) electrons. The van der Waals surface area contributed by atoms with Crippen LogP contribution in [0.3, 0.4) is 0 Å². The topological polar surface area (TPSA) is 46.5 Å². The fraction of sp³-hybridized carbons (Fsp3) is 0.857. The molecule has 0 aliphatic rings. The van der Waals surface area contributed by atoms with E-state index in [9.17, 15) is 4.79 Å². The summed E-state index contributed by atoms with van der Waals surface area (Å²) >= 11 is 0. The lowest BCUT2D eigenvalue weighted by Gasteiger charge is -2.10. The molecule has 3 nitrogen and oxygen atoms in total. The number of aliphatic hydroxyl groups excluding tert-OH is 1. The molecule has 1 N–H and O–H groups in total. The van der Waals surface area contributed by atoms with Gasteiger partial charge in [0.05, 0.1) is 6.26 Å². The average Bonchev–Trinajstić information content (AvgIpc) is 2.59. The minimum absolute atomic E-state index is 0.554. The summed E-state index contributed by atoms with van der Waals surface area (Å²) in [7, 11) is 0. The van der Waals surface area contributed by atoms with Gasteiger partial charge in [-0.1, -0.05) is 90.9 Å². The van der Waals surface area contributed by atoms with Crippen LogP contribution in [0, 0.1) is 5.92 Å². The summed E-state index contributed by atoms with van der Waals surface area (Å²) in [5.41, 5.74) is 0. The molecule has 0 aromatic rings. The molecule has 0 saturated heterocycles. The third kappa shape index (κ3) is 17.5. The van der Waals surface area contributed by atoms with Crippen LogP contribution in [0.5, 0.6) is 0 Å². The summed E-state index contributed by atoms with van der Waals surface area (Å²) in [6.45, 7) is 4.12. The third-order valence-electron chi connectivity index (χ3n) is 4.54. The summed E-state index contributed by atoms with van der Waals surface area (Å²) in [6.07, 6.45) is 21.8. The molecule has 24 heavy (non-hydrogen) atoms. The average molecular weight is 341 g/mol. The minimum atomic E-state index is -0.596. The highest BCUT2D eigenvalue weighted by Gasteiger charge is 2.02. The molecule has 0 aromatic heterocycles. The van der Waals surface area contributed by atoms with Crippen LogP contribution < -0.4 is 0 Å². The summed E-state index contributed by atoms with van der Waals surface area (Å²) < 4.78 is 4.65. The van der Waals surface area contributed by atoms with Crippen molar-refractivity contribution in [3.05, 3.63) is 12.3 Å². The Labute approximate surface area is 149 Å². The molecule has 0 bridgehead atoms. The van der Waals surface area contributed by atoms with Gasteiger partial charge >= 0.3 is 5.97 Å². The SMILES string of the molecule is CCCCCCCCCC(C)CCCCCCC=COC(=O)CO. The van der Waals surface area contributed by atoms with Crippen molar-refractivity contribution in [2.45, 2.75) is 104 Å². The van der Waals surface area contributed by atoms with Crippen LogP contribution in [0.1, 0.15) is 104 Å². The predicted molar refractivity (Wildman–Crippen MR) is 102 cm³/mol. The molecule has 0 aliphatic carbocycles. The van der Waals surface area contributed by atoms with Gasteiger partial charge in [0.1, 0.15) is 6.61 Å². The fourth-order valence-corrected chi connectivity index (χ4v) is 2.93. The van der Waals surface area contributed by atoms with Gasteiger partial charge in [0.2, 0.25) is 0 Å². The molecular formula is C21H40O3. The van der Waals surface area contributed by atoms with Gasteiger partial charge in [0.25, 0.3) is 0 Å². The van der Waals surface area contributed by atoms with Gasteiger partial charge in [0.15, 0.2) is 0 Å². The monoisotopic (exact) mass is 340 g/mol. The number of hydrogen-bond acceptors (Lipinski definition) is 3. The van der Waals surface area contributed by atoms with E-state index < -0.39 is 12.6 Å². The van der Waals surface area contributed by atoms with Crippen molar-refractivity contribution in [3.8, 4) is 0 Å². The molecule has 0 fully saturated rings. The number of carbonyl (C=O) groups excluding carboxylic acids is 1. The Bertz CT molecular complexity index is 299. The normalized spacial score (nSPS) is 12.6. The first kappa shape index (κ1) is 23.2. The van der Waals surface area contributed by atoms with Crippen molar-refractivity contribution in [3.63, 3.8) is 0 Å². The standard InChI is InChI=1S/C21H40O3/c1-3-4-5-6-7-10-13-16-20(2)17-14-11-8-9-12-15-18-24-21(23)19-22/h15,18,20,22H,3-14,16-17,19H2,1-2H3. The number of aliphatic hydroxyl groups is 1. The van der Waals surface area contributed by atoms with Crippen LogP contribution in [0.4, 0.5) is 0 Å². The summed E-state index contributed by atoms with van der Waals surface area (Å²) in [6, 6.07) is 0. The largest absolute Gasteiger partial charge is 0.433 e. The van der Waals surface area contributed by atoms with Crippen LogP contribution >= 0.6 is 0 Å². The Hall–Kier alpha value is -0.830. The van der Waals surface area contributed by atoms with E-state index in [1.807, 2.05) is 6.08 Å². The summed E-state index contributed by atoms with van der Waals surface area (Å²) in [4.78, 5) is 10.7. The molecule has 1 unspecified atom stereocenters. The van der Waals surface area contributed by atoms with Crippen molar-refractivity contribution in [1.29, 1.82) is 0 Å². The first-order valence-corrected chi connectivity index (χ1v) is 10.2. The Morgan fingerprint density at radius 1 is 0.917 bits per heavy atom. The number of esters is 1. The lowest BCUT2D eigenvalue weighted by atomic mass is 9.96. The Morgan fingerprint density at radius 3 is 2.04 bits per heavy atom. The van der Waals surface area contributed by atoms with E-state index in [4.69, 9.17) is 5.11 Å². The Balaban J connectivity index is 3.25. The number of unbranched alkanes of at least 4 members (excludes halogenated alkanes) is 10. The third-order valence-corrected chi connectivity index (χ3v) is 4.54. The van der Waals surface area contributed by atoms with Crippen molar-refractivity contribution in [2.75, 3.05) is 6.61 Å². The molecule has 1 atom stereocenters. The molecule has 142 valence electrons. The smallest absolute Gasteiger partial charge is 0.336 e. The van der Waals surface area contributed by atoms with Gasteiger partial charge in [0, 0.05) is 0 Å².